The fraction of sp³-hybridized carbons (Fsp3) is 0.500. The van der Waals surface area contributed by atoms with E-state index in [9.17, 15) is 13.2 Å². The molecular formula is C24H27F3O2. The molecule has 2 aromatic carbocycles. The molecule has 0 radical (unpaired) electrons. The second-order valence-electron chi connectivity index (χ2n) is 8.15. The zero-order valence-electron chi connectivity index (χ0n) is 16.7. The molecule has 5 heteroatoms. The average molecular weight is 404 g/mol. The van der Waals surface area contributed by atoms with Crippen molar-refractivity contribution in [3.63, 3.8) is 0 Å². The van der Waals surface area contributed by atoms with Crippen molar-refractivity contribution in [2.75, 3.05) is 6.61 Å². The zero-order valence-corrected chi connectivity index (χ0v) is 16.7. The maximum Gasteiger partial charge on any atom is 0.165 e. The molecule has 0 bridgehead atoms. The minimum absolute atomic E-state index is 0.00398. The lowest BCUT2D eigenvalue weighted by Gasteiger charge is -2.29. The lowest BCUT2D eigenvalue weighted by molar-refractivity contribution is 0.0130. The Morgan fingerprint density at radius 2 is 1.66 bits per heavy atom. The van der Waals surface area contributed by atoms with Gasteiger partial charge in [0.05, 0.1) is 19.3 Å². The Hall–Kier alpha value is -1.85. The third-order valence-corrected chi connectivity index (χ3v) is 6.06. The summed E-state index contributed by atoms with van der Waals surface area (Å²) in [5.74, 6) is -1.67. The molecule has 2 aromatic rings. The van der Waals surface area contributed by atoms with E-state index >= 15 is 0 Å². The van der Waals surface area contributed by atoms with Gasteiger partial charge in [0.15, 0.2) is 11.6 Å². The van der Waals surface area contributed by atoms with Gasteiger partial charge in [-0.05, 0) is 60.8 Å². The average Bonchev–Trinajstić information content (AvgIpc) is 3.56. The Morgan fingerprint density at radius 3 is 2.31 bits per heavy atom. The van der Waals surface area contributed by atoms with E-state index in [2.05, 4.69) is 0 Å². The van der Waals surface area contributed by atoms with E-state index in [-0.39, 0.29) is 23.9 Å². The largest absolute Gasteiger partial charge is 0.374 e. The smallest absolute Gasteiger partial charge is 0.165 e. The summed E-state index contributed by atoms with van der Waals surface area (Å²) in [6.45, 7) is 2.87. The van der Waals surface area contributed by atoms with Crippen LogP contribution >= 0.6 is 0 Å². The summed E-state index contributed by atoms with van der Waals surface area (Å²) in [6, 6.07) is 8.68. The third-order valence-electron chi connectivity index (χ3n) is 6.06. The van der Waals surface area contributed by atoms with Crippen molar-refractivity contribution in [3.8, 4) is 0 Å². The van der Waals surface area contributed by atoms with E-state index in [0.29, 0.717) is 24.3 Å². The fourth-order valence-electron chi connectivity index (χ4n) is 4.28. The van der Waals surface area contributed by atoms with Crippen molar-refractivity contribution in [1.29, 1.82) is 0 Å². The Balaban J connectivity index is 1.31. The first kappa shape index (κ1) is 20.4. The quantitative estimate of drug-likeness (QED) is 0.500. The highest BCUT2D eigenvalue weighted by Gasteiger charge is 2.32. The summed E-state index contributed by atoms with van der Waals surface area (Å²) in [4.78, 5) is 0. The Bertz CT molecular complexity index is 855. The standard InChI is InChI=1S/C24H27F3O2/c1-2-3-17-5-4-15(12-21(17)25)13-28-18-8-6-16(7-9-18)19-10-11-20(22-14-29-22)24(27)23(19)26/h4-5,10-12,16,18,22H,2-3,6-9,13-14H2,1H3. The van der Waals surface area contributed by atoms with Crippen molar-refractivity contribution < 1.29 is 22.6 Å². The van der Waals surface area contributed by atoms with Gasteiger partial charge in [0.2, 0.25) is 0 Å². The first-order chi connectivity index (χ1) is 14.1. The molecule has 2 aliphatic rings. The van der Waals surface area contributed by atoms with Crippen LogP contribution in [0, 0.1) is 17.5 Å². The van der Waals surface area contributed by atoms with Crippen LogP contribution in [0.25, 0.3) is 0 Å². The highest BCUT2D eigenvalue weighted by Crippen LogP contribution is 2.39. The first-order valence-corrected chi connectivity index (χ1v) is 10.5. The van der Waals surface area contributed by atoms with Crippen molar-refractivity contribution in [2.45, 2.75) is 70.2 Å². The summed E-state index contributed by atoms with van der Waals surface area (Å²) in [5.41, 5.74) is 2.35. The van der Waals surface area contributed by atoms with Crippen molar-refractivity contribution in [3.05, 3.63) is 70.0 Å². The van der Waals surface area contributed by atoms with Crippen molar-refractivity contribution in [1.82, 2.24) is 0 Å². The normalized spacial score (nSPS) is 23.9. The third kappa shape index (κ3) is 4.67. The zero-order chi connectivity index (χ0) is 20.4. The van der Waals surface area contributed by atoms with Gasteiger partial charge in [-0.25, -0.2) is 13.2 Å². The van der Waals surface area contributed by atoms with Gasteiger partial charge in [0, 0.05) is 5.56 Å². The van der Waals surface area contributed by atoms with E-state index in [1.807, 2.05) is 19.1 Å². The van der Waals surface area contributed by atoms with E-state index in [4.69, 9.17) is 9.47 Å². The van der Waals surface area contributed by atoms with Crippen LogP contribution < -0.4 is 0 Å². The van der Waals surface area contributed by atoms with Crippen LogP contribution in [-0.4, -0.2) is 12.7 Å². The van der Waals surface area contributed by atoms with Crippen molar-refractivity contribution >= 4 is 0 Å². The van der Waals surface area contributed by atoms with Crippen LogP contribution in [0.1, 0.15) is 73.3 Å². The summed E-state index contributed by atoms with van der Waals surface area (Å²) in [5, 5.41) is 0. The number of benzene rings is 2. The molecular weight excluding hydrogens is 377 g/mol. The monoisotopic (exact) mass is 404 g/mol. The molecule has 1 saturated heterocycles. The highest BCUT2D eigenvalue weighted by atomic mass is 19.2. The van der Waals surface area contributed by atoms with Crippen LogP contribution in [-0.2, 0) is 22.5 Å². The van der Waals surface area contributed by atoms with Crippen LogP contribution in [0.4, 0.5) is 13.2 Å². The minimum Gasteiger partial charge on any atom is -0.374 e. The van der Waals surface area contributed by atoms with E-state index in [1.165, 1.54) is 0 Å². The Morgan fingerprint density at radius 1 is 0.966 bits per heavy atom. The Labute approximate surface area is 170 Å². The molecule has 156 valence electrons. The van der Waals surface area contributed by atoms with Crippen LogP contribution in [0.2, 0.25) is 0 Å². The molecule has 1 saturated carbocycles. The number of rotatable bonds is 7. The van der Waals surface area contributed by atoms with Gasteiger partial charge in [-0.3, -0.25) is 0 Å². The second-order valence-corrected chi connectivity index (χ2v) is 8.15. The predicted molar refractivity (Wildman–Crippen MR) is 105 cm³/mol. The number of hydrogen-bond acceptors (Lipinski definition) is 2. The topological polar surface area (TPSA) is 21.8 Å². The molecule has 1 atom stereocenters. The number of ether oxygens (including phenoxy) is 2. The van der Waals surface area contributed by atoms with Gasteiger partial charge in [-0.2, -0.15) is 0 Å². The van der Waals surface area contributed by atoms with Gasteiger partial charge < -0.3 is 9.47 Å². The van der Waals surface area contributed by atoms with Crippen LogP contribution in [0.3, 0.4) is 0 Å². The van der Waals surface area contributed by atoms with E-state index < -0.39 is 11.6 Å². The molecule has 1 unspecified atom stereocenters. The van der Waals surface area contributed by atoms with Gasteiger partial charge in [0.1, 0.15) is 11.9 Å². The lowest BCUT2D eigenvalue weighted by Crippen LogP contribution is -2.21. The van der Waals surface area contributed by atoms with Gasteiger partial charge in [-0.15, -0.1) is 0 Å². The number of halogens is 3. The molecule has 1 heterocycles. The van der Waals surface area contributed by atoms with Crippen molar-refractivity contribution in [2.24, 2.45) is 0 Å². The maximum atomic E-state index is 14.5. The fourth-order valence-corrected chi connectivity index (χ4v) is 4.28. The van der Waals surface area contributed by atoms with Gasteiger partial charge in [-0.1, -0.05) is 37.6 Å². The molecule has 0 spiro atoms. The molecule has 0 N–H and O–H groups in total. The second kappa shape index (κ2) is 8.88. The summed E-state index contributed by atoms with van der Waals surface area (Å²) in [6.07, 6.45) is 4.51. The van der Waals surface area contributed by atoms with E-state index in [0.717, 1.165) is 49.7 Å². The summed E-state index contributed by atoms with van der Waals surface area (Å²) in [7, 11) is 0. The molecule has 4 rings (SSSR count). The number of hydrogen-bond donors (Lipinski definition) is 0. The molecule has 2 fully saturated rings. The predicted octanol–water partition coefficient (Wildman–Crippen LogP) is 6.37. The van der Waals surface area contributed by atoms with Crippen LogP contribution in [0.15, 0.2) is 30.3 Å². The molecule has 29 heavy (non-hydrogen) atoms. The molecule has 1 aliphatic carbocycles. The molecule has 1 aliphatic heterocycles. The number of aryl methyl sites for hydroxylation is 1. The summed E-state index contributed by atoms with van der Waals surface area (Å²) < 4.78 is 53.9. The summed E-state index contributed by atoms with van der Waals surface area (Å²) >= 11 is 0. The van der Waals surface area contributed by atoms with Gasteiger partial charge in [0.25, 0.3) is 0 Å². The SMILES string of the molecule is CCCc1ccc(COC2CCC(c3ccc(C4CO4)c(F)c3F)CC2)cc1F. The highest BCUT2D eigenvalue weighted by molar-refractivity contribution is 5.32. The maximum absolute atomic E-state index is 14.5. The lowest BCUT2D eigenvalue weighted by atomic mass is 9.82. The minimum atomic E-state index is -0.767. The molecule has 0 amide bonds. The Kier molecular flexibility index (Phi) is 6.26. The van der Waals surface area contributed by atoms with Gasteiger partial charge >= 0.3 is 0 Å². The molecule has 0 aromatic heterocycles. The first-order valence-electron chi connectivity index (χ1n) is 10.5. The van der Waals surface area contributed by atoms with Crippen LogP contribution in [0.5, 0.6) is 0 Å². The van der Waals surface area contributed by atoms with E-state index in [1.54, 1.807) is 18.2 Å². The molecule has 2 nitrogen and oxygen atoms in total. The number of epoxide rings is 1.